The lowest BCUT2D eigenvalue weighted by atomic mass is 10.1. The fourth-order valence-corrected chi connectivity index (χ4v) is 5.70. The third-order valence-electron chi connectivity index (χ3n) is 7.03. The monoisotopic (exact) mass is 658 g/mol. The topological polar surface area (TPSA) is 140 Å². The van der Waals surface area contributed by atoms with E-state index in [1.807, 2.05) is 42.5 Å². The summed E-state index contributed by atoms with van der Waals surface area (Å²) in [4.78, 5) is 51.9. The van der Waals surface area contributed by atoms with E-state index >= 15 is 0 Å². The zero-order chi connectivity index (χ0) is 33.9. The van der Waals surface area contributed by atoms with Crippen LogP contribution in [0.15, 0.2) is 144 Å². The number of nitrogens with one attached hydrogen (secondary N) is 3. The highest BCUT2D eigenvalue weighted by molar-refractivity contribution is 8.00. The van der Waals surface area contributed by atoms with E-state index in [0.717, 1.165) is 10.5 Å². The molecule has 0 radical (unpaired) electrons. The highest BCUT2D eigenvalue weighted by atomic mass is 32.2. The van der Waals surface area contributed by atoms with Crippen molar-refractivity contribution < 1.29 is 24.0 Å². The molecule has 3 N–H and O–H groups in total. The summed E-state index contributed by atoms with van der Waals surface area (Å²) in [5.41, 5.74) is 1.80. The molecular formula is C37H30N4O6S. The number of ether oxygens (including phenoxy) is 1. The number of para-hydroxylation sites is 3. The Morgan fingerprint density at radius 2 is 1.40 bits per heavy atom. The number of amides is 3. The fraction of sp³-hybridized carbons (Fsp3) is 0.0541. The van der Waals surface area contributed by atoms with Crippen LogP contribution in [-0.2, 0) is 9.59 Å². The van der Waals surface area contributed by atoms with Crippen molar-refractivity contribution in [2.75, 3.05) is 17.7 Å². The quantitative estimate of drug-likeness (QED) is 0.0546. The van der Waals surface area contributed by atoms with Crippen LogP contribution in [-0.4, -0.2) is 29.8 Å². The fourth-order valence-electron chi connectivity index (χ4n) is 4.67. The maximum absolute atomic E-state index is 13.6. The van der Waals surface area contributed by atoms with E-state index in [0.29, 0.717) is 22.7 Å². The molecule has 0 aliphatic carbocycles. The third-order valence-corrected chi connectivity index (χ3v) is 8.30. The summed E-state index contributed by atoms with van der Waals surface area (Å²) in [5, 5.41) is 19.3. The zero-order valence-electron chi connectivity index (χ0n) is 25.7. The van der Waals surface area contributed by atoms with Crippen LogP contribution >= 0.6 is 11.8 Å². The van der Waals surface area contributed by atoms with Gasteiger partial charge in [-0.05, 0) is 66.2 Å². The predicted octanol–water partition coefficient (Wildman–Crippen LogP) is 7.49. The maximum atomic E-state index is 13.6. The number of anilines is 2. The number of rotatable bonds is 12. The minimum Gasteiger partial charge on any atom is -0.495 e. The predicted molar refractivity (Wildman–Crippen MR) is 187 cm³/mol. The summed E-state index contributed by atoms with van der Waals surface area (Å²) in [6, 6.07) is 37.6. The minimum atomic E-state index is -0.684. The Kier molecular flexibility index (Phi) is 11.0. The molecule has 0 fully saturated rings. The first-order valence-electron chi connectivity index (χ1n) is 14.7. The van der Waals surface area contributed by atoms with Crippen molar-refractivity contribution in [3.05, 3.63) is 166 Å². The van der Waals surface area contributed by atoms with Crippen molar-refractivity contribution in [3.63, 3.8) is 0 Å². The lowest BCUT2D eigenvalue weighted by Crippen LogP contribution is -2.30. The number of nitro groups is 1. The molecule has 1 unspecified atom stereocenters. The van der Waals surface area contributed by atoms with Gasteiger partial charge in [0.25, 0.3) is 17.5 Å². The van der Waals surface area contributed by atoms with Crippen LogP contribution in [0.2, 0.25) is 0 Å². The van der Waals surface area contributed by atoms with Gasteiger partial charge in [0.1, 0.15) is 16.7 Å². The second kappa shape index (κ2) is 15.9. The second-order valence-corrected chi connectivity index (χ2v) is 11.4. The highest BCUT2D eigenvalue weighted by Crippen LogP contribution is 2.37. The van der Waals surface area contributed by atoms with E-state index in [2.05, 4.69) is 16.0 Å². The number of carbonyl (C=O) groups is 3. The normalized spacial score (nSPS) is 11.6. The molecule has 10 nitrogen and oxygen atoms in total. The SMILES string of the molecule is COc1ccccc1NC(=O)C(Sc1ccc(NC(=O)/C(=C/c2ccccc2[N+](=O)[O-])NC(=O)c2ccccc2)cc1)c1ccccc1. The Labute approximate surface area is 281 Å². The standard InChI is InChI=1S/C37H30N4O6S/c1-47-33-19-11-9-17-30(33)39-37(44)34(25-12-4-2-5-13-25)48-29-22-20-28(21-23-29)38-36(43)31(40-35(42)26-14-6-3-7-15-26)24-27-16-8-10-18-32(27)41(45)46/h2-24,34H,1H3,(H,38,43)(H,39,44)(H,40,42)/b31-24-. The molecule has 0 saturated carbocycles. The van der Waals surface area contributed by atoms with Gasteiger partial charge >= 0.3 is 0 Å². The summed E-state index contributed by atoms with van der Waals surface area (Å²) in [6.07, 6.45) is 1.27. The van der Waals surface area contributed by atoms with E-state index in [9.17, 15) is 24.5 Å². The molecule has 1 atom stereocenters. The van der Waals surface area contributed by atoms with Crippen LogP contribution in [0.25, 0.3) is 6.08 Å². The number of carbonyl (C=O) groups excluding carboxylic acids is 3. The Morgan fingerprint density at radius 3 is 2.08 bits per heavy atom. The van der Waals surface area contributed by atoms with Gasteiger partial charge in [0.2, 0.25) is 5.91 Å². The van der Waals surface area contributed by atoms with Crippen molar-refractivity contribution in [3.8, 4) is 5.75 Å². The van der Waals surface area contributed by atoms with Gasteiger partial charge in [-0.15, -0.1) is 11.8 Å². The van der Waals surface area contributed by atoms with E-state index in [4.69, 9.17) is 4.74 Å². The van der Waals surface area contributed by atoms with E-state index in [1.165, 1.54) is 43.1 Å². The molecular weight excluding hydrogens is 628 g/mol. The van der Waals surface area contributed by atoms with Crippen LogP contribution in [0.1, 0.15) is 26.7 Å². The van der Waals surface area contributed by atoms with Gasteiger partial charge in [0, 0.05) is 22.2 Å². The Bertz CT molecular complexity index is 1950. The molecule has 0 bridgehead atoms. The molecule has 0 aliphatic rings. The molecule has 0 spiro atoms. The largest absolute Gasteiger partial charge is 0.495 e. The molecule has 0 aromatic heterocycles. The van der Waals surface area contributed by atoms with Gasteiger partial charge < -0.3 is 20.7 Å². The first kappa shape index (κ1) is 33.2. The smallest absolute Gasteiger partial charge is 0.276 e. The summed E-state index contributed by atoms with van der Waals surface area (Å²) < 4.78 is 5.39. The summed E-state index contributed by atoms with van der Waals surface area (Å²) >= 11 is 1.33. The summed E-state index contributed by atoms with van der Waals surface area (Å²) in [5.74, 6) is -0.943. The molecule has 11 heteroatoms. The Hall–Kier alpha value is -6.20. The highest BCUT2D eigenvalue weighted by Gasteiger charge is 2.24. The van der Waals surface area contributed by atoms with Gasteiger partial charge in [-0.3, -0.25) is 24.5 Å². The number of thioether (sulfide) groups is 1. The van der Waals surface area contributed by atoms with Gasteiger partial charge in [0.15, 0.2) is 0 Å². The van der Waals surface area contributed by atoms with Crippen molar-refractivity contribution in [2.24, 2.45) is 0 Å². The van der Waals surface area contributed by atoms with E-state index in [1.54, 1.807) is 72.8 Å². The number of benzene rings is 5. The lowest BCUT2D eigenvalue weighted by Gasteiger charge is -2.18. The Balaban J connectivity index is 1.36. The van der Waals surface area contributed by atoms with Crippen LogP contribution in [0.5, 0.6) is 5.75 Å². The van der Waals surface area contributed by atoms with Crippen molar-refractivity contribution in [2.45, 2.75) is 10.1 Å². The molecule has 5 rings (SSSR count). The first-order chi connectivity index (χ1) is 23.3. The average molecular weight is 659 g/mol. The third kappa shape index (κ3) is 8.53. The molecule has 5 aromatic rings. The van der Waals surface area contributed by atoms with Crippen molar-refractivity contribution in [1.29, 1.82) is 0 Å². The van der Waals surface area contributed by atoms with Gasteiger partial charge in [-0.25, -0.2) is 0 Å². The first-order valence-corrected chi connectivity index (χ1v) is 15.6. The van der Waals surface area contributed by atoms with Crippen LogP contribution < -0.4 is 20.7 Å². The van der Waals surface area contributed by atoms with Crippen molar-refractivity contribution >= 4 is 52.6 Å². The summed E-state index contributed by atoms with van der Waals surface area (Å²) in [7, 11) is 1.54. The zero-order valence-corrected chi connectivity index (χ0v) is 26.5. The van der Waals surface area contributed by atoms with Crippen LogP contribution in [0, 0.1) is 10.1 Å². The van der Waals surface area contributed by atoms with Gasteiger partial charge in [0.05, 0.1) is 23.3 Å². The van der Waals surface area contributed by atoms with Crippen LogP contribution in [0.4, 0.5) is 17.1 Å². The molecule has 3 amide bonds. The van der Waals surface area contributed by atoms with E-state index in [-0.39, 0.29) is 22.9 Å². The maximum Gasteiger partial charge on any atom is 0.276 e. The molecule has 0 heterocycles. The number of hydrogen-bond acceptors (Lipinski definition) is 7. The van der Waals surface area contributed by atoms with Crippen LogP contribution in [0.3, 0.4) is 0 Å². The lowest BCUT2D eigenvalue weighted by molar-refractivity contribution is -0.385. The number of nitrogens with zero attached hydrogens (tertiary/aromatic N) is 1. The molecule has 5 aromatic carbocycles. The van der Waals surface area contributed by atoms with Crippen molar-refractivity contribution in [1.82, 2.24) is 5.32 Å². The molecule has 0 aliphatic heterocycles. The molecule has 240 valence electrons. The summed E-state index contributed by atoms with van der Waals surface area (Å²) in [6.45, 7) is 0. The number of methoxy groups -OCH3 is 1. The number of nitro benzene ring substituents is 1. The van der Waals surface area contributed by atoms with Gasteiger partial charge in [-0.2, -0.15) is 0 Å². The average Bonchev–Trinajstić information content (AvgIpc) is 3.12. The van der Waals surface area contributed by atoms with Gasteiger partial charge in [-0.1, -0.05) is 72.8 Å². The Morgan fingerprint density at radius 1 is 0.771 bits per heavy atom. The molecule has 48 heavy (non-hydrogen) atoms. The second-order valence-electron chi connectivity index (χ2n) is 10.3. The molecule has 0 saturated heterocycles. The van der Waals surface area contributed by atoms with E-state index < -0.39 is 22.0 Å². The number of hydrogen-bond donors (Lipinski definition) is 3. The minimum absolute atomic E-state index is 0.145.